The molecule has 2 atom stereocenters. The SMILES string of the molecule is O=C(CNC(=O)c1cccc(Cl)c1)NCC1CCCC1O. The maximum absolute atomic E-state index is 11.8. The fourth-order valence-corrected chi connectivity index (χ4v) is 2.65. The Morgan fingerprint density at radius 1 is 1.29 bits per heavy atom. The van der Waals surface area contributed by atoms with Crippen molar-refractivity contribution >= 4 is 23.4 Å². The Kier molecular flexibility index (Phi) is 5.59. The van der Waals surface area contributed by atoms with Gasteiger partial charge < -0.3 is 15.7 Å². The third-order valence-electron chi connectivity index (χ3n) is 3.68. The number of rotatable bonds is 5. The first-order valence-corrected chi connectivity index (χ1v) is 7.42. The largest absolute Gasteiger partial charge is 0.393 e. The minimum atomic E-state index is -0.339. The van der Waals surface area contributed by atoms with Crippen LogP contribution < -0.4 is 10.6 Å². The van der Waals surface area contributed by atoms with Gasteiger partial charge in [-0.05, 0) is 31.0 Å². The smallest absolute Gasteiger partial charge is 0.251 e. The minimum absolute atomic E-state index is 0.0891. The summed E-state index contributed by atoms with van der Waals surface area (Å²) in [6, 6.07) is 6.54. The highest BCUT2D eigenvalue weighted by molar-refractivity contribution is 6.30. The van der Waals surface area contributed by atoms with Crippen LogP contribution in [0.2, 0.25) is 5.02 Å². The van der Waals surface area contributed by atoms with Crippen molar-refractivity contribution in [2.75, 3.05) is 13.1 Å². The van der Waals surface area contributed by atoms with Crippen molar-refractivity contribution in [3.8, 4) is 0 Å². The second-order valence-corrected chi connectivity index (χ2v) is 5.69. The third-order valence-corrected chi connectivity index (χ3v) is 3.91. The van der Waals surface area contributed by atoms with Gasteiger partial charge >= 0.3 is 0 Å². The Balaban J connectivity index is 1.72. The van der Waals surface area contributed by atoms with E-state index in [1.54, 1.807) is 24.3 Å². The molecule has 0 heterocycles. The van der Waals surface area contributed by atoms with E-state index < -0.39 is 0 Å². The highest BCUT2D eigenvalue weighted by atomic mass is 35.5. The molecule has 2 unspecified atom stereocenters. The van der Waals surface area contributed by atoms with Crippen LogP contribution >= 0.6 is 11.6 Å². The Hall–Kier alpha value is -1.59. The maximum atomic E-state index is 11.8. The average Bonchev–Trinajstić information content (AvgIpc) is 2.88. The normalized spacial score (nSPS) is 21.0. The Morgan fingerprint density at radius 2 is 2.10 bits per heavy atom. The Labute approximate surface area is 128 Å². The lowest BCUT2D eigenvalue weighted by molar-refractivity contribution is -0.120. The van der Waals surface area contributed by atoms with Gasteiger partial charge in [-0.15, -0.1) is 0 Å². The summed E-state index contributed by atoms with van der Waals surface area (Å²) in [5.41, 5.74) is 0.418. The Bertz CT molecular complexity index is 521. The van der Waals surface area contributed by atoms with Gasteiger partial charge in [0.2, 0.25) is 5.91 Å². The van der Waals surface area contributed by atoms with Crippen LogP contribution in [-0.2, 0) is 4.79 Å². The van der Waals surface area contributed by atoms with Gasteiger partial charge in [0, 0.05) is 23.0 Å². The third kappa shape index (κ3) is 4.72. The highest BCUT2D eigenvalue weighted by Gasteiger charge is 2.25. The first-order valence-electron chi connectivity index (χ1n) is 7.05. The van der Waals surface area contributed by atoms with Crippen LogP contribution in [0.1, 0.15) is 29.6 Å². The van der Waals surface area contributed by atoms with E-state index in [0.717, 1.165) is 19.3 Å². The molecule has 21 heavy (non-hydrogen) atoms. The van der Waals surface area contributed by atoms with Crippen LogP contribution in [-0.4, -0.2) is 36.1 Å². The predicted octanol–water partition coefficient (Wildman–Crippen LogP) is 1.35. The second kappa shape index (κ2) is 7.43. The maximum Gasteiger partial charge on any atom is 0.251 e. The first kappa shape index (κ1) is 15.8. The molecule has 0 aliphatic heterocycles. The summed E-state index contributed by atoms with van der Waals surface area (Å²) < 4.78 is 0. The van der Waals surface area contributed by atoms with Gasteiger partial charge in [-0.1, -0.05) is 24.1 Å². The number of benzene rings is 1. The number of amides is 2. The summed E-state index contributed by atoms with van der Waals surface area (Å²) in [5.74, 6) is -0.476. The zero-order chi connectivity index (χ0) is 15.2. The topological polar surface area (TPSA) is 78.4 Å². The first-order chi connectivity index (χ1) is 10.1. The zero-order valence-electron chi connectivity index (χ0n) is 11.6. The molecule has 3 N–H and O–H groups in total. The number of carbonyl (C=O) groups is 2. The van der Waals surface area contributed by atoms with Gasteiger partial charge in [0.15, 0.2) is 0 Å². The molecular formula is C15H19ClN2O3. The van der Waals surface area contributed by atoms with Crippen molar-refractivity contribution in [3.63, 3.8) is 0 Å². The number of carbonyl (C=O) groups excluding carboxylic acids is 2. The van der Waals surface area contributed by atoms with E-state index in [-0.39, 0.29) is 30.4 Å². The van der Waals surface area contributed by atoms with Gasteiger partial charge in [0.25, 0.3) is 5.91 Å². The molecule has 0 saturated heterocycles. The molecule has 5 nitrogen and oxygen atoms in total. The van der Waals surface area contributed by atoms with Gasteiger partial charge in [-0.2, -0.15) is 0 Å². The molecule has 1 aromatic carbocycles. The molecule has 1 fully saturated rings. The van der Waals surface area contributed by atoms with Crippen LogP contribution in [0.5, 0.6) is 0 Å². The summed E-state index contributed by atoms with van der Waals surface area (Å²) in [6.45, 7) is 0.362. The molecule has 114 valence electrons. The summed E-state index contributed by atoms with van der Waals surface area (Å²) in [6.07, 6.45) is 2.39. The van der Waals surface area contributed by atoms with Gasteiger partial charge in [0.1, 0.15) is 0 Å². The van der Waals surface area contributed by atoms with E-state index in [9.17, 15) is 14.7 Å². The van der Waals surface area contributed by atoms with Crippen molar-refractivity contribution in [2.45, 2.75) is 25.4 Å². The second-order valence-electron chi connectivity index (χ2n) is 5.26. The fraction of sp³-hybridized carbons (Fsp3) is 0.467. The van der Waals surface area contributed by atoms with Crippen LogP contribution in [0.4, 0.5) is 0 Å². The zero-order valence-corrected chi connectivity index (χ0v) is 12.4. The average molecular weight is 311 g/mol. The van der Waals surface area contributed by atoms with Crippen molar-refractivity contribution < 1.29 is 14.7 Å². The lowest BCUT2D eigenvalue weighted by atomic mass is 10.1. The number of halogens is 1. The van der Waals surface area contributed by atoms with E-state index >= 15 is 0 Å². The van der Waals surface area contributed by atoms with Crippen molar-refractivity contribution in [2.24, 2.45) is 5.92 Å². The number of hydrogen-bond acceptors (Lipinski definition) is 3. The lowest BCUT2D eigenvalue weighted by Crippen LogP contribution is -2.40. The van der Waals surface area contributed by atoms with E-state index in [1.165, 1.54) is 0 Å². The summed E-state index contributed by atoms with van der Waals surface area (Å²) in [4.78, 5) is 23.5. The number of aliphatic hydroxyl groups excluding tert-OH is 1. The minimum Gasteiger partial charge on any atom is -0.393 e. The predicted molar refractivity (Wildman–Crippen MR) is 80.1 cm³/mol. The molecule has 1 aliphatic carbocycles. The summed E-state index contributed by atoms with van der Waals surface area (Å²) in [5, 5.41) is 15.4. The number of hydrogen-bond donors (Lipinski definition) is 3. The molecule has 2 rings (SSSR count). The quantitative estimate of drug-likeness (QED) is 0.768. The highest BCUT2D eigenvalue weighted by Crippen LogP contribution is 2.24. The molecule has 0 aromatic heterocycles. The van der Waals surface area contributed by atoms with Gasteiger partial charge in [-0.25, -0.2) is 0 Å². The van der Waals surface area contributed by atoms with E-state index in [1.807, 2.05) is 0 Å². The van der Waals surface area contributed by atoms with Gasteiger partial charge in [-0.3, -0.25) is 9.59 Å². The van der Waals surface area contributed by atoms with Crippen LogP contribution in [0.25, 0.3) is 0 Å². The molecule has 0 radical (unpaired) electrons. The summed E-state index contributed by atoms with van der Waals surface area (Å²) in [7, 11) is 0. The van der Waals surface area contributed by atoms with Crippen molar-refractivity contribution in [1.29, 1.82) is 0 Å². The van der Waals surface area contributed by atoms with Gasteiger partial charge in [0.05, 0.1) is 12.6 Å². The molecular weight excluding hydrogens is 292 g/mol. The molecule has 1 aromatic rings. The monoisotopic (exact) mass is 310 g/mol. The van der Waals surface area contributed by atoms with E-state index in [4.69, 9.17) is 11.6 Å². The fourth-order valence-electron chi connectivity index (χ4n) is 2.46. The molecule has 6 heteroatoms. The van der Waals surface area contributed by atoms with E-state index in [2.05, 4.69) is 10.6 Å². The van der Waals surface area contributed by atoms with E-state index in [0.29, 0.717) is 17.1 Å². The molecule has 1 saturated carbocycles. The Morgan fingerprint density at radius 3 is 2.76 bits per heavy atom. The van der Waals surface area contributed by atoms with Crippen LogP contribution in [0.15, 0.2) is 24.3 Å². The van der Waals surface area contributed by atoms with Crippen molar-refractivity contribution in [3.05, 3.63) is 34.9 Å². The standard InChI is InChI=1S/C15H19ClN2O3/c16-12-5-1-3-10(7-12)15(21)18-9-14(20)17-8-11-4-2-6-13(11)19/h1,3,5,7,11,13,19H,2,4,6,8-9H2,(H,17,20)(H,18,21). The molecule has 0 spiro atoms. The van der Waals surface area contributed by atoms with Crippen LogP contribution in [0.3, 0.4) is 0 Å². The number of aliphatic hydroxyl groups is 1. The lowest BCUT2D eigenvalue weighted by Gasteiger charge is -2.15. The molecule has 0 bridgehead atoms. The van der Waals surface area contributed by atoms with Crippen molar-refractivity contribution in [1.82, 2.24) is 10.6 Å². The number of nitrogens with one attached hydrogen (secondary N) is 2. The summed E-state index contributed by atoms with van der Waals surface area (Å²) >= 11 is 5.80. The molecule has 2 amide bonds. The van der Waals surface area contributed by atoms with Crippen LogP contribution in [0, 0.1) is 5.92 Å². The molecule has 1 aliphatic rings.